The lowest BCUT2D eigenvalue weighted by atomic mass is 10.0. The number of nitrogens with zero attached hydrogens (tertiary/aromatic N) is 1. The van der Waals surface area contributed by atoms with E-state index in [9.17, 15) is 9.90 Å². The minimum Gasteiger partial charge on any atom is -0.478 e. The summed E-state index contributed by atoms with van der Waals surface area (Å²) in [6.07, 6.45) is 5.93. The summed E-state index contributed by atoms with van der Waals surface area (Å²) in [5.41, 5.74) is 4.49. The molecule has 0 radical (unpaired) electrons. The van der Waals surface area contributed by atoms with Gasteiger partial charge in [-0.25, -0.2) is 4.79 Å². The zero-order valence-electron chi connectivity index (χ0n) is 14.6. The Labute approximate surface area is 156 Å². The average Bonchev–Trinajstić information content (AvgIpc) is 3.21. The Morgan fingerprint density at radius 2 is 1.84 bits per heavy atom. The molecule has 3 heterocycles. The van der Waals surface area contributed by atoms with Crippen molar-refractivity contribution in [3.63, 3.8) is 0 Å². The number of hydrogen-bond acceptors (Lipinski definition) is 4. The molecule has 2 aromatic rings. The van der Waals surface area contributed by atoms with Crippen molar-refractivity contribution in [2.75, 3.05) is 19.6 Å². The van der Waals surface area contributed by atoms with Crippen LogP contribution in [0.4, 0.5) is 0 Å². The van der Waals surface area contributed by atoms with Crippen LogP contribution in [0.25, 0.3) is 5.57 Å². The van der Waals surface area contributed by atoms with Crippen molar-refractivity contribution >= 4 is 34.2 Å². The highest BCUT2D eigenvalue weighted by molar-refractivity contribution is 7.14. The number of thiophene rings is 2. The van der Waals surface area contributed by atoms with Crippen LogP contribution in [-0.4, -0.2) is 35.6 Å². The van der Waals surface area contributed by atoms with E-state index in [1.54, 1.807) is 22.7 Å². The van der Waals surface area contributed by atoms with Gasteiger partial charge in [-0.1, -0.05) is 12.2 Å². The van der Waals surface area contributed by atoms with E-state index in [0.717, 1.165) is 25.9 Å². The molecule has 1 aliphatic heterocycles. The minimum absolute atomic E-state index is 0.527. The Morgan fingerprint density at radius 1 is 1.20 bits per heavy atom. The SMILES string of the molecule is Cc1ccsc1C(=CCCN1CCC=C(C(=O)O)C1)c1sccc1C. The molecule has 5 heteroatoms. The zero-order chi connectivity index (χ0) is 17.8. The number of carboxylic acids is 1. The topological polar surface area (TPSA) is 40.5 Å². The first-order valence-corrected chi connectivity index (χ1v) is 10.3. The fourth-order valence-corrected chi connectivity index (χ4v) is 5.14. The van der Waals surface area contributed by atoms with Crippen molar-refractivity contribution in [2.45, 2.75) is 26.7 Å². The van der Waals surface area contributed by atoms with Crippen LogP contribution in [0.2, 0.25) is 0 Å². The largest absolute Gasteiger partial charge is 0.478 e. The van der Waals surface area contributed by atoms with Gasteiger partial charge in [0.25, 0.3) is 0 Å². The molecule has 3 rings (SSSR count). The molecule has 0 atom stereocenters. The Morgan fingerprint density at radius 3 is 2.36 bits per heavy atom. The maximum Gasteiger partial charge on any atom is 0.332 e. The van der Waals surface area contributed by atoms with Gasteiger partial charge in [-0.2, -0.15) is 0 Å². The standard InChI is InChI=1S/C20H23NO2S2/c1-14-7-11-24-18(14)17(19-15(2)8-12-25-19)6-4-10-21-9-3-5-16(13-21)20(22)23/h5-8,11-12H,3-4,9-10,13H2,1-2H3,(H,22,23). The first-order chi connectivity index (χ1) is 12.1. The normalized spacial score (nSPS) is 15.0. The molecule has 25 heavy (non-hydrogen) atoms. The van der Waals surface area contributed by atoms with Crippen LogP contribution < -0.4 is 0 Å². The van der Waals surface area contributed by atoms with E-state index in [1.165, 1.54) is 26.5 Å². The quantitative estimate of drug-likeness (QED) is 0.777. The third-order valence-corrected chi connectivity index (χ3v) is 6.61. The molecule has 0 unspecified atom stereocenters. The summed E-state index contributed by atoms with van der Waals surface area (Å²) >= 11 is 3.59. The second-order valence-electron chi connectivity index (χ2n) is 6.37. The molecule has 0 bridgehead atoms. The van der Waals surface area contributed by atoms with Gasteiger partial charge in [0.05, 0.1) is 0 Å². The van der Waals surface area contributed by atoms with Crippen LogP contribution >= 0.6 is 22.7 Å². The Kier molecular flexibility index (Phi) is 5.89. The molecule has 0 aliphatic carbocycles. The third-order valence-electron chi connectivity index (χ3n) is 4.51. The fourth-order valence-electron chi connectivity index (χ4n) is 3.13. The van der Waals surface area contributed by atoms with Gasteiger partial charge in [0, 0.05) is 40.5 Å². The lowest BCUT2D eigenvalue weighted by molar-refractivity contribution is -0.133. The number of aryl methyl sites for hydroxylation is 2. The van der Waals surface area contributed by atoms with E-state index in [1.807, 2.05) is 6.08 Å². The maximum absolute atomic E-state index is 11.2. The highest BCUT2D eigenvalue weighted by Gasteiger charge is 2.17. The summed E-state index contributed by atoms with van der Waals surface area (Å²) < 4.78 is 0. The second-order valence-corrected chi connectivity index (χ2v) is 8.20. The van der Waals surface area contributed by atoms with E-state index < -0.39 is 5.97 Å². The van der Waals surface area contributed by atoms with Crippen molar-refractivity contribution < 1.29 is 9.90 Å². The van der Waals surface area contributed by atoms with Crippen molar-refractivity contribution in [2.24, 2.45) is 0 Å². The molecule has 0 saturated carbocycles. The van der Waals surface area contributed by atoms with E-state index in [-0.39, 0.29) is 0 Å². The van der Waals surface area contributed by atoms with Crippen molar-refractivity contribution in [3.8, 4) is 0 Å². The predicted octanol–water partition coefficient (Wildman–Crippen LogP) is 4.96. The molecule has 1 N–H and O–H groups in total. The van der Waals surface area contributed by atoms with Crippen molar-refractivity contribution in [3.05, 3.63) is 61.5 Å². The molecule has 132 valence electrons. The highest BCUT2D eigenvalue weighted by Crippen LogP contribution is 2.35. The van der Waals surface area contributed by atoms with Gasteiger partial charge in [0.1, 0.15) is 0 Å². The lowest BCUT2D eigenvalue weighted by Crippen LogP contribution is -2.32. The molecular weight excluding hydrogens is 350 g/mol. The van der Waals surface area contributed by atoms with Crippen LogP contribution in [-0.2, 0) is 4.79 Å². The third kappa shape index (κ3) is 4.29. The second kappa shape index (κ2) is 8.13. The number of rotatable bonds is 6. The zero-order valence-corrected chi connectivity index (χ0v) is 16.3. The number of carbonyl (C=O) groups is 1. The predicted molar refractivity (Wildman–Crippen MR) is 107 cm³/mol. The van der Waals surface area contributed by atoms with Gasteiger partial charge < -0.3 is 5.11 Å². The van der Waals surface area contributed by atoms with Gasteiger partial charge in [-0.3, -0.25) is 4.90 Å². The highest BCUT2D eigenvalue weighted by atomic mass is 32.1. The first kappa shape index (κ1) is 18.1. The minimum atomic E-state index is -0.788. The van der Waals surface area contributed by atoms with Crippen molar-refractivity contribution in [1.82, 2.24) is 4.90 Å². The molecular formula is C20H23NO2S2. The van der Waals surface area contributed by atoms with Crippen LogP contribution in [0.3, 0.4) is 0 Å². The van der Waals surface area contributed by atoms with E-state index in [4.69, 9.17) is 0 Å². The molecule has 3 nitrogen and oxygen atoms in total. The van der Waals surface area contributed by atoms with E-state index >= 15 is 0 Å². The van der Waals surface area contributed by atoms with Crippen molar-refractivity contribution in [1.29, 1.82) is 0 Å². The molecule has 0 aromatic carbocycles. The lowest BCUT2D eigenvalue weighted by Gasteiger charge is -2.25. The van der Waals surface area contributed by atoms with Gasteiger partial charge in [0.15, 0.2) is 0 Å². The molecule has 0 saturated heterocycles. The first-order valence-electron chi connectivity index (χ1n) is 8.50. The summed E-state index contributed by atoms with van der Waals surface area (Å²) in [7, 11) is 0. The average molecular weight is 374 g/mol. The monoisotopic (exact) mass is 373 g/mol. The summed E-state index contributed by atoms with van der Waals surface area (Å²) in [6, 6.07) is 4.34. The van der Waals surface area contributed by atoms with Crippen LogP contribution in [0.15, 0.2) is 40.6 Å². The molecule has 0 amide bonds. The van der Waals surface area contributed by atoms with Gasteiger partial charge >= 0.3 is 5.97 Å². The van der Waals surface area contributed by atoms with E-state index in [0.29, 0.717) is 12.1 Å². The number of carboxylic acid groups (broad SMARTS) is 1. The Hall–Kier alpha value is -1.69. The van der Waals surface area contributed by atoms with E-state index in [2.05, 4.69) is 47.7 Å². The number of aliphatic carboxylic acids is 1. The maximum atomic E-state index is 11.2. The molecule has 1 aliphatic rings. The Bertz CT molecular complexity index is 771. The van der Waals surface area contributed by atoms with Gasteiger partial charge in [0.2, 0.25) is 0 Å². The van der Waals surface area contributed by atoms with Gasteiger partial charge in [-0.15, -0.1) is 22.7 Å². The van der Waals surface area contributed by atoms with Crippen LogP contribution in [0.1, 0.15) is 33.7 Å². The molecule has 0 spiro atoms. The fraction of sp³-hybridized carbons (Fsp3) is 0.350. The molecule has 2 aromatic heterocycles. The van der Waals surface area contributed by atoms with Crippen LogP contribution in [0, 0.1) is 13.8 Å². The Balaban J connectivity index is 1.74. The molecule has 0 fully saturated rings. The summed E-state index contributed by atoms with van der Waals surface area (Å²) in [4.78, 5) is 16.1. The number of hydrogen-bond donors (Lipinski definition) is 1. The summed E-state index contributed by atoms with van der Waals surface area (Å²) in [6.45, 7) is 6.71. The van der Waals surface area contributed by atoms with Gasteiger partial charge in [-0.05, 0) is 60.7 Å². The summed E-state index contributed by atoms with van der Waals surface area (Å²) in [5.74, 6) is -0.788. The van der Waals surface area contributed by atoms with Crippen LogP contribution in [0.5, 0.6) is 0 Å². The smallest absolute Gasteiger partial charge is 0.332 e. The summed E-state index contributed by atoms with van der Waals surface area (Å²) in [5, 5.41) is 13.5.